The summed E-state index contributed by atoms with van der Waals surface area (Å²) in [5, 5.41) is 19.8. The summed E-state index contributed by atoms with van der Waals surface area (Å²) in [6.07, 6.45) is 4.63. The fourth-order valence-corrected chi connectivity index (χ4v) is 10.6. The Bertz CT molecular complexity index is 2930. The van der Waals surface area contributed by atoms with E-state index >= 15 is 0 Å². The Balaban J connectivity index is 0.00000480. The molecule has 77 heavy (non-hydrogen) atoms. The highest BCUT2D eigenvalue weighted by atomic mass is 79.9. The van der Waals surface area contributed by atoms with Crippen molar-refractivity contribution in [3.05, 3.63) is 136 Å². The molecule has 17 nitrogen and oxygen atoms in total. The Kier molecular flexibility index (Phi) is 21.2. The van der Waals surface area contributed by atoms with E-state index in [9.17, 15) is 33.6 Å². The van der Waals surface area contributed by atoms with E-state index in [1.165, 1.54) is 9.80 Å². The SMILES string of the molecule is CN[C@@H](C)C(=O)N[C@H]1CN(C(=O)c2ccc(C(=O)N[C@@H]3CN[C@H](C(=O)N(Cc4ccccc4)C(=O)[C@@H](NC(=O)[C@H](C)NC)C4CCCCC4)C3)cc2)c2ccccc2N(Cc2c(OC)ccc3cc(Br)ccc23)C1=O.Cl.Cl. The van der Waals surface area contributed by atoms with Crippen molar-refractivity contribution in [1.82, 2.24) is 36.8 Å². The molecule has 0 bridgehead atoms. The van der Waals surface area contributed by atoms with Crippen LogP contribution in [0.2, 0.25) is 0 Å². The Hall–Kier alpha value is -6.41. The number of anilines is 2. The number of rotatable bonds is 17. The van der Waals surface area contributed by atoms with Crippen molar-refractivity contribution in [3.63, 3.8) is 0 Å². The van der Waals surface area contributed by atoms with Gasteiger partial charge in [-0.05, 0) is 124 Å². The molecule has 8 rings (SSSR count). The molecule has 2 fully saturated rings. The first-order valence-electron chi connectivity index (χ1n) is 25.7. The number of ether oxygens (including phenoxy) is 1. The first-order chi connectivity index (χ1) is 36.2. The van der Waals surface area contributed by atoms with Crippen molar-refractivity contribution < 1.29 is 38.3 Å². The summed E-state index contributed by atoms with van der Waals surface area (Å²) >= 11 is 3.56. The minimum atomic E-state index is -1.16. The summed E-state index contributed by atoms with van der Waals surface area (Å²) in [4.78, 5) is 104. The zero-order valence-electron chi connectivity index (χ0n) is 43.8. The lowest BCUT2D eigenvalue weighted by atomic mass is 9.83. The van der Waals surface area contributed by atoms with E-state index in [4.69, 9.17) is 4.74 Å². The molecule has 1 saturated heterocycles. The fraction of sp³-hybridized carbons (Fsp3) is 0.386. The quantitative estimate of drug-likeness (QED) is 0.0598. The van der Waals surface area contributed by atoms with Crippen molar-refractivity contribution in [1.29, 1.82) is 0 Å². The van der Waals surface area contributed by atoms with Crippen LogP contribution in [0.1, 0.15) is 84.2 Å². The lowest BCUT2D eigenvalue weighted by Gasteiger charge is -2.35. The predicted molar refractivity (Wildman–Crippen MR) is 306 cm³/mol. The standard InChI is InChI=1S/C57H66BrN9O8.2ClH/c1-34(59-3)51(68)63-46-33-66(48-19-13-12-18-47(48)65(56(46)73)32-44-43-26-25-41(58)28-40(43)24-27-49(44)75-5)54(71)39-22-20-38(21-23-39)53(70)62-42-29-45(61-30-42)55(72)67(31-36-14-8-6-9-15-36)57(74)50(37-16-10-7-11-17-37)64-52(69)35(2)60-4;;/h6,8-9,12-15,18-28,34-35,37,42,45-46,50,59-61H,7,10-11,16-17,29-33H2,1-5H3,(H,62,70)(H,63,68)(H,64,69);2*1H/t34-,35-,42-,45-,46-,50-;;/m0../s1. The molecular formula is C57H68BrCl2N9O8. The monoisotopic (exact) mass is 1160 g/mol. The number of para-hydroxylation sites is 2. The molecule has 0 unspecified atom stereocenters. The second kappa shape index (κ2) is 27.3. The molecule has 6 N–H and O–H groups in total. The Morgan fingerprint density at radius 3 is 2.10 bits per heavy atom. The van der Waals surface area contributed by atoms with Crippen molar-refractivity contribution in [2.75, 3.05) is 44.1 Å². The van der Waals surface area contributed by atoms with Gasteiger partial charge in [0.25, 0.3) is 23.6 Å². The van der Waals surface area contributed by atoms with Crippen molar-refractivity contribution in [2.45, 2.75) is 102 Å². The molecule has 0 spiro atoms. The molecular weight excluding hydrogens is 1090 g/mol. The average Bonchev–Trinajstić information content (AvgIpc) is 3.89. The van der Waals surface area contributed by atoms with Gasteiger partial charge in [-0.3, -0.25) is 38.5 Å². The summed E-state index contributed by atoms with van der Waals surface area (Å²) in [6, 6.07) is 27.7. The Morgan fingerprint density at radius 2 is 1.43 bits per heavy atom. The van der Waals surface area contributed by atoms with Crippen LogP contribution in [0.15, 0.2) is 114 Å². The Morgan fingerprint density at radius 1 is 0.779 bits per heavy atom. The summed E-state index contributed by atoms with van der Waals surface area (Å²) in [6.45, 7) is 3.54. The average molecular weight is 1160 g/mol. The first-order valence-corrected chi connectivity index (χ1v) is 26.4. The molecule has 0 radical (unpaired) electrons. The van der Waals surface area contributed by atoms with E-state index in [-0.39, 0.29) is 80.4 Å². The molecule has 410 valence electrons. The third kappa shape index (κ3) is 13.8. The van der Waals surface area contributed by atoms with Crippen LogP contribution in [0.4, 0.5) is 11.4 Å². The number of hydrogen-bond acceptors (Lipinski definition) is 11. The maximum absolute atomic E-state index is 14.9. The number of amides is 7. The zero-order valence-corrected chi connectivity index (χ0v) is 47.0. The van der Waals surface area contributed by atoms with Crippen LogP contribution in [-0.2, 0) is 37.1 Å². The van der Waals surface area contributed by atoms with Crippen LogP contribution in [0, 0.1) is 5.92 Å². The molecule has 5 aromatic carbocycles. The molecule has 3 aliphatic rings. The number of nitrogens with zero attached hydrogens (tertiary/aromatic N) is 3. The third-order valence-electron chi connectivity index (χ3n) is 14.8. The van der Waals surface area contributed by atoms with Gasteiger partial charge in [0.15, 0.2) is 0 Å². The van der Waals surface area contributed by atoms with Crippen molar-refractivity contribution in [3.8, 4) is 5.75 Å². The lowest BCUT2D eigenvalue weighted by molar-refractivity contribution is -0.150. The molecule has 7 amide bonds. The number of carbonyl (C=O) groups excluding carboxylic acids is 7. The van der Waals surface area contributed by atoms with E-state index < -0.39 is 71.7 Å². The maximum Gasteiger partial charge on any atom is 0.258 e. The summed E-state index contributed by atoms with van der Waals surface area (Å²) in [7, 11) is 4.89. The first kappa shape index (κ1) is 59.8. The topological polar surface area (TPSA) is 211 Å². The van der Waals surface area contributed by atoms with Crippen LogP contribution >= 0.6 is 40.7 Å². The van der Waals surface area contributed by atoms with Gasteiger partial charge in [-0.15, -0.1) is 24.8 Å². The van der Waals surface area contributed by atoms with Gasteiger partial charge in [0.05, 0.1) is 56.2 Å². The molecule has 0 aromatic heterocycles. The predicted octanol–water partition coefficient (Wildman–Crippen LogP) is 6.43. The molecule has 2 aliphatic heterocycles. The molecule has 1 aliphatic carbocycles. The highest BCUT2D eigenvalue weighted by molar-refractivity contribution is 9.10. The second-order valence-corrected chi connectivity index (χ2v) is 20.5. The van der Waals surface area contributed by atoms with Gasteiger partial charge in [0.1, 0.15) is 17.8 Å². The summed E-state index contributed by atoms with van der Waals surface area (Å²) in [5.41, 5.74) is 2.89. The van der Waals surface area contributed by atoms with Crippen molar-refractivity contribution >= 4 is 104 Å². The Labute approximate surface area is 470 Å². The van der Waals surface area contributed by atoms with Crippen LogP contribution < -0.4 is 46.4 Å². The number of carbonyl (C=O) groups is 7. The molecule has 1 saturated carbocycles. The summed E-state index contributed by atoms with van der Waals surface area (Å²) in [5.74, 6) is -2.51. The van der Waals surface area contributed by atoms with Gasteiger partial charge in [0.2, 0.25) is 17.7 Å². The second-order valence-electron chi connectivity index (χ2n) is 19.6. The smallest absolute Gasteiger partial charge is 0.258 e. The number of likely N-dealkylation sites (N-methyl/N-ethyl adjacent to an activating group) is 2. The number of nitrogens with one attached hydrogen (secondary N) is 6. The molecule has 20 heteroatoms. The van der Waals surface area contributed by atoms with E-state index in [2.05, 4.69) is 47.8 Å². The summed E-state index contributed by atoms with van der Waals surface area (Å²) < 4.78 is 6.72. The van der Waals surface area contributed by atoms with E-state index in [0.29, 0.717) is 17.1 Å². The van der Waals surface area contributed by atoms with Gasteiger partial charge >= 0.3 is 0 Å². The normalized spacial score (nSPS) is 18.5. The zero-order chi connectivity index (χ0) is 53.3. The van der Waals surface area contributed by atoms with Crippen LogP contribution in [-0.4, -0.2) is 117 Å². The van der Waals surface area contributed by atoms with Gasteiger partial charge in [-0.2, -0.15) is 0 Å². The highest BCUT2D eigenvalue weighted by Gasteiger charge is 2.42. The number of hydrogen-bond donors (Lipinski definition) is 6. The molecule has 6 atom stereocenters. The van der Waals surface area contributed by atoms with Crippen molar-refractivity contribution in [2.24, 2.45) is 5.92 Å². The largest absolute Gasteiger partial charge is 0.496 e. The number of fused-ring (bicyclic) bond motifs is 2. The van der Waals surface area contributed by atoms with Gasteiger partial charge < -0.3 is 46.4 Å². The number of benzene rings is 5. The maximum atomic E-state index is 14.9. The van der Waals surface area contributed by atoms with E-state index in [1.807, 2.05) is 60.7 Å². The van der Waals surface area contributed by atoms with E-state index in [0.717, 1.165) is 58.5 Å². The number of imide groups is 1. The minimum absolute atomic E-state index is 0. The van der Waals surface area contributed by atoms with Gasteiger partial charge in [-0.25, -0.2) is 0 Å². The minimum Gasteiger partial charge on any atom is -0.496 e. The highest BCUT2D eigenvalue weighted by Crippen LogP contribution is 2.38. The van der Waals surface area contributed by atoms with Crippen LogP contribution in [0.25, 0.3) is 10.8 Å². The third-order valence-corrected chi connectivity index (χ3v) is 15.2. The molecule has 5 aromatic rings. The molecule has 2 heterocycles. The van der Waals surface area contributed by atoms with Crippen LogP contribution in [0.3, 0.4) is 0 Å². The van der Waals surface area contributed by atoms with Crippen LogP contribution in [0.5, 0.6) is 5.75 Å². The lowest BCUT2D eigenvalue weighted by Crippen LogP contribution is -2.58. The number of methoxy groups -OCH3 is 1. The van der Waals surface area contributed by atoms with Gasteiger partial charge in [0, 0.05) is 33.7 Å². The number of halogens is 3. The van der Waals surface area contributed by atoms with Gasteiger partial charge in [-0.1, -0.05) is 89.8 Å². The van der Waals surface area contributed by atoms with E-state index in [1.54, 1.807) is 88.5 Å². The fourth-order valence-electron chi connectivity index (χ4n) is 10.2.